The predicted molar refractivity (Wildman–Crippen MR) is 52.2 cm³/mol. The van der Waals surface area contributed by atoms with E-state index >= 15 is 0 Å². The average molecular weight is 201 g/mol. The Morgan fingerprint density at radius 1 is 1.27 bits per heavy atom. The topological polar surface area (TPSA) is 76.0 Å². The van der Waals surface area contributed by atoms with Crippen LogP contribution in [0.25, 0.3) is 11.3 Å². The van der Waals surface area contributed by atoms with Gasteiger partial charge in [-0.3, -0.25) is 4.98 Å². The van der Waals surface area contributed by atoms with Crippen molar-refractivity contribution in [2.24, 2.45) is 0 Å². The highest BCUT2D eigenvalue weighted by Gasteiger charge is 2.06. The zero-order valence-corrected chi connectivity index (χ0v) is 7.66. The van der Waals surface area contributed by atoms with E-state index in [1.54, 1.807) is 24.5 Å². The van der Waals surface area contributed by atoms with E-state index in [9.17, 15) is 4.79 Å². The zero-order chi connectivity index (χ0) is 10.7. The Kier molecular flexibility index (Phi) is 2.37. The van der Waals surface area contributed by atoms with Gasteiger partial charge in [0, 0.05) is 18.0 Å². The van der Waals surface area contributed by atoms with Gasteiger partial charge >= 0.3 is 5.97 Å². The molecule has 0 saturated heterocycles. The molecule has 74 valence electrons. The SMILES string of the molecule is O=C(O)c1cnnc(-c2ccncc2)c1. The molecule has 2 heterocycles. The number of aromatic nitrogens is 3. The monoisotopic (exact) mass is 201 g/mol. The standard InChI is InChI=1S/C10H7N3O2/c14-10(15)8-5-9(13-12-6-8)7-1-3-11-4-2-7/h1-6H,(H,14,15). The third-order valence-corrected chi connectivity index (χ3v) is 1.88. The molecule has 0 aromatic carbocycles. The first kappa shape index (κ1) is 9.26. The van der Waals surface area contributed by atoms with Gasteiger partial charge in [0.25, 0.3) is 0 Å². The summed E-state index contributed by atoms with van der Waals surface area (Å²) in [5.41, 5.74) is 1.44. The largest absolute Gasteiger partial charge is 0.478 e. The lowest BCUT2D eigenvalue weighted by atomic mass is 10.1. The van der Waals surface area contributed by atoms with Crippen molar-refractivity contribution < 1.29 is 9.90 Å². The second-order valence-electron chi connectivity index (χ2n) is 2.87. The molecule has 5 heteroatoms. The van der Waals surface area contributed by atoms with E-state index in [0.717, 1.165) is 5.56 Å². The molecule has 2 aromatic heterocycles. The van der Waals surface area contributed by atoms with Gasteiger partial charge in [-0.15, -0.1) is 0 Å². The van der Waals surface area contributed by atoms with Gasteiger partial charge in [0.15, 0.2) is 0 Å². The molecule has 0 amide bonds. The Morgan fingerprint density at radius 2 is 2.00 bits per heavy atom. The number of carboxylic acids is 1. The summed E-state index contributed by atoms with van der Waals surface area (Å²) in [6, 6.07) is 4.97. The van der Waals surface area contributed by atoms with Crippen LogP contribution in [-0.2, 0) is 0 Å². The van der Waals surface area contributed by atoms with E-state index in [1.165, 1.54) is 12.3 Å². The van der Waals surface area contributed by atoms with Gasteiger partial charge in [0.1, 0.15) is 0 Å². The van der Waals surface area contributed by atoms with Crippen LogP contribution in [-0.4, -0.2) is 26.3 Å². The molecule has 0 aliphatic carbocycles. The summed E-state index contributed by atoms with van der Waals surface area (Å²) in [6.07, 6.45) is 4.45. The van der Waals surface area contributed by atoms with Crippen molar-refractivity contribution in [3.05, 3.63) is 42.4 Å². The summed E-state index contributed by atoms with van der Waals surface area (Å²) in [5.74, 6) is -1.01. The molecular weight excluding hydrogens is 194 g/mol. The van der Waals surface area contributed by atoms with E-state index in [4.69, 9.17) is 5.11 Å². The van der Waals surface area contributed by atoms with Crippen LogP contribution in [0.15, 0.2) is 36.8 Å². The summed E-state index contributed by atoms with van der Waals surface area (Å²) in [6.45, 7) is 0. The molecule has 0 aliphatic rings. The van der Waals surface area contributed by atoms with Crippen LogP contribution < -0.4 is 0 Å². The number of hydrogen-bond donors (Lipinski definition) is 1. The third kappa shape index (κ3) is 1.96. The summed E-state index contributed by atoms with van der Waals surface area (Å²) in [5, 5.41) is 16.3. The zero-order valence-electron chi connectivity index (χ0n) is 7.66. The number of nitrogens with zero attached hydrogens (tertiary/aromatic N) is 3. The molecule has 2 rings (SSSR count). The number of pyridine rings is 1. The second-order valence-corrected chi connectivity index (χ2v) is 2.87. The minimum Gasteiger partial charge on any atom is -0.478 e. The van der Waals surface area contributed by atoms with E-state index in [0.29, 0.717) is 5.69 Å². The summed E-state index contributed by atoms with van der Waals surface area (Å²) < 4.78 is 0. The van der Waals surface area contributed by atoms with Crippen LogP contribution in [0.5, 0.6) is 0 Å². The van der Waals surface area contributed by atoms with Gasteiger partial charge in [-0.2, -0.15) is 10.2 Å². The first-order valence-electron chi connectivity index (χ1n) is 4.24. The minimum absolute atomic E-state index is 0.122. The maximum absolute atomic E-state index is 10.7. The van der Waals surface area contributed by atoms with Crippen LogP contribution in [0.2, 0.25) is 0 Å². The number of hydrogen-bond acceptors (Lipinski definition) is 4. The van der Waals surface area contributed by atoms with Crippen molar-refractivity contribution in [3.63, 3.8) is 0 Å². The van der Waals surface area contributed by atoms with Crippen molar-refractivity contribution in [2.45, 2.75) is 0 Å². The number of rotatable bonds is 2. The Balaban J connectivity index is 2.46. The number of carbonyl (C=O) groups is 1. The van der Waals surface area contributed by atoms with Crippen LogP contribution in [0.4, 0.5) is 0 Å². The van der Waals surface area contributed by atoms with Crippen LogP contribution in [0, 0.1) is 0 Å². The Labute approximate surface area is 85.4 Å². The minimum atomic E-state index is -1.01. The fourth-order valence-electron chi connectivity index (χ4n) is 1.15. The molecule has 0 bridgehead atoms. The molecular formula is C10H7N3O2. The van der Waals surface area contributed by atoms with Crippen LogP contribution in [0.3, 0.4) is 0 Å². The fourth-order valence-corrected chi connectivity index (χ4v) is 1.15. The Morgan fingerprint density at radius 3 is 2.67 bits per heavy atom. The van der Waals surface area contributed by atoms with Gasteiger partial charge in [-0.1, -0.05) is 0 Å². The molecule has 15 heavy (non-hydrogen) atoms. The predicted octanol–water partition coefficient (Wildman–Crippen LogP) is 1.24. The molecule has 0 aliphatic heterocycles. The molecule has 0 unspecified atom stereocenters. The Hall–Kier alpha value is -2.30. The van der Waals surface area contributed by atoms with Gasteiger partial charge in [-0.05, 0) is 18.2 Å². The lowest BCUT2D eigenvalue weighted by molar-refractivity contribution is 0.0696. The number of aromatic carboxylic acids is 1. The lowest BCUT2D eigenvalue weighted by Gasteiger charge is -1.99. The molecule has 1 N–H and O–H groups in total. The lowest BCUT2D eigenvalue weighted by Crippen LogP contribution is -1.99. The fraction of sp³-hybridized carbons (Fsp3) is 0. The maximum Gasteiger partial charge on any atom is 0.337 e. The highest BCUT2D eigenvalue weighted by Crippen LogP contribution is 2.15. The normalized spacial score (nSPS) is 9.87. The van der Waals surface area contributed by atoms with Gasteiger partial charge in [-0.25, -0.2) is 4.79 Å². The summed E-state index contributed by atoms with van der Waals surface area (Å²) in [7, 11) is 0. The average Bonchev–Trinajstić information content (AvgIpc) is 2.30. The summed E-state index contributed by atoms with van der Waals surface area (Å²) >= 11 is 0. The number of carboxylic acid groups (broad SMARTS) is 1. The van der Waals surface area contributed by atoms with E-state index < -0.39 is 5.97 Å². The van der Waals surface area contributed by atoms with Crippen molar-refractivity contribution in [1.29, 1.82) is 0 Å². The van der Waals surface area contributed by atoms with Crippen molar-refractivity contribution in [1.82, 2.24) is 15.2 Å². The smallest absolute Gasteiger partial charge is 0.337 e. The molecule has 0 spiro atoms. The van der Waals surface area contributed by atoms with Gasteiger partial charge in [0.2, 0.25) is 0 Å². The van der Waals surface area contributed by atoms with Crippen molar-refractivity contribution in [3.8, 4) is 11.3 Å². The quantitative estimate of drug-likeness (QED) is 0.790. The van der Waals surface area contributed by atoms with E-state index in [1.807, 2.05) is 0 Å². The highest BCUT2D eigenvalue weighted by molar-refractivity contribution is 5.88. The third-order valence-electron chi connectivity index (χ3n) is 1.88. The second kappa shape index (κ2) is 3.83. The van der Waals surface area contributed by atoms with Crippen LogP contribution >= 0.6 is 0 Å². The molecule has 2 aromatic rings. The molecule has 0 atom stereocenters. The Bertz CT molecular complexity index is 485. The molecule has 0 fully saturated rings. The van der Waals surface area contributed by atoms with Crippen LogP contribution in [0.1, 0.15) is 10.4 Å². The van der Waals surface area contributed by atoms with E-state index in [2.05, 4.69) is 15.2 Å². The van der Waals surface area contributed by atoms with Crippen molar-refractivity contribution >= 4 is 5.97 Å². The molecule has 0 saturated carbocycles. The van der Waals surface area contributed by atoms with Gasteiger partial charge in [0.05, 0.1) is 17.5 Å². The maximum atomic E-state index is 10.7. The van der Waals surface area contributed by atoms with E-state index in [-0.39, 0.29) is 5.56 Å². The molecule has 5 nitrogen and oxygen atoms in total. The first-order chi connectivity index (χ1) is 7.27. The first-order valence-corrected chi connectivity index (χ1v) is 4.24. The molecule has 0 radical (unpaired) electrons. The highest BCUT2D eigenvalue weighted by atomic mass is 16.4. The van der Waals surface area contributed by atoms with Gasteiger partial charge < -0.3 is 5.11 Å². The summed E-state index contributed by atoms with van der Waals surface area (Å²) in [4.78, 5) is 14.6. The van der Waals surface area contributed by atoms with Crippen molar-refractivity contribution in [2.75, 3.05) is 0 Å².